The summed E-state index contributed by atoms with van der Waals surface area (Å²) < 4.78 is 0. The zero-order valence-electron chi connectivity index (χ0n) is 6.52. The first-order valence-corrected chi connectivity index (χ1v) is 4.50. The van der Waals surface area contributed by atoms with E-state index in [0.29, 0.717) is 0 Å². The van der Waals surface area contributed by atoms with Crippen LogP contribution in [-0.2, 0) is 0 Å². The van der Waals surface area contributed by atoms with Crippen molar-refractivity contribution in [2.75, 3.05) is 5.75 Å². The van der Waals surface area contributed by atoms with Crippen LogP contribution in [0.5, 0.6) is 0 Å². The molecule has 0 aliphatic heterocycles. The van der Waals surface area contributed by atoms with Gasteiger partial charge in [-0.05, 0) is 18.8 Å². The van der Waals surface area contributed by atoms with Gasteiger partial charge in [0.15, 0.2) is 0 Å². The van der Waals surface area contributed by atoms with E-state index in [0.717, 1.165) is 11.7 Å². The van der Waals surface area contributed by atoms with Gasteiger partial charge in [0, 0.05) is 5.75 Å². The average Bonchev–Trinajstić information content (AvgIpc) is 1.91. The lowest BCUT2D eigenvalue weighted by Crippen LogP contribution is -1.96. The van der Waals surface area contributed by atoms with Gasteiger partial charge in [-0.15, -0.1) is 0 Å². The molecule has 1 heteroatoms. The van der Waals surface area contributed by atoms with Gasteiger partial charge in [0.2, 0.25) is 0 Å². The fraction of sp³-hybridized carbons (Fsp3) is 1.00. The van der Waals surface area contributed by atoms with Gasteiger partial charge >= 0.3 is 0 Å². The topological polar surface area (TPSA) is 0 Å². The van der Waals surface area contributed by atoms with Gasteiger partial charge in [0.1, 0.15) is 0 Å². The molecular weight excluding hydrogens is 128 g/mol. The lowest BCUT2D eigenvalue weighted by atomic mass is 9.98. The maximum Gasteiger partial charge on any atom is 0.00370 e. The Hall–Kier alpha value is 0.350. The molecule has 0 N–H and O–H groups in total. The second kappa shape index (κ2) is 6.47. The molecule has 0 saturated heterocycles. The van der Waals surface area contributed by atoms with Crippen molar-refractivity contribution in [1.29, 1.82) is 0 Å². The molecule has 0 unspecified atom stereocenters. The van der Waals surface area contributed by atoms with Gasteiger partial charge in [0.25, 0.3) is 0 Å². The molecular formula is C8H17S. The highest BCUT2D eigenvalue weighted by Crippen LogP contribution is 2.14. The number of rotatable bonds is 5. The van der Waals surface area contributed by atoms with Crippen molar-refractivity contribution in [2.45, 2.75) is 39.5 Å². The van der Waals surface area contributed by atoms with Crippen LogP contribution in [0.25, 0.3) is 0 Å². The van der Waals surface area contributed by atoms with Crippen LogP contribution < -0.4 is 0 Å². The first-order valence-electron chi connectivity index (χ1n) is 3.93. The first-order chi connectivity index (χ1) is 4.35. The smallest absolute Gasteiger partial charge is 0.00370 e. The van der Waals surface area contributed by atoms with E-state index in [1.54, 1.807) is 0 Å². The van der Waals surface area contributed by atoms with Gasteiger partial charge in [-0.25, -0.2) is 0 Å². The van der Waals surface area contributed by atoms with E-state index in [1.807, 2.05) is 0 Å². The van der Waals surface area contributed by atoms with Gasteiger partial charge in [-0.1, -0.05) is 39.3 Å². The summed E-state index contributed by atoms with van der Waals surface area (Å²) >= 11 is 4.87. The summed E-state index contributed by atoms with van der Waals surface area (Å²) in [4.78, 5) is 0. The lowest BCUT2D eigenvalue weighted by molar-refractivity contribution is 0.452. The van der Waals surface area contributed by atoms with Crippen molar-refractivity contribution < 1.29 is 0 Å². The van der Waals surface area contributed by atoms with Gasteiger partial charge in [0.05, 0.1) is 0 Å². The normalized spacial score (nSPS) is 10.7. The standard InChI is InChI=1S/C8H17S/c1-3-8(4-2)6-5-7-9/h8H,3-7H2,1-2H3. The van der Waals surface area contributed by atoms with Crippen LogP contribution >= 0.6 is 12.6 Å². The highest BCUT2D eigenvalue weighted by atomic mass is 32.1. The van der Waals surface area contributed by atoms with Crippen molar-refractivity contribution in [3.8, 4) is 0 Å². The van der Waals surface area contributed by atoms with E-state index in [-0.39, 0.29) is 0 Å². The maximum absolute atomic E-state index is 4.87. The molecule has 0 amide bonds. The Kier molecular flexibility index (Phi) is 6.72. The van der Waals surface area contributed by atoms with E-state index in [2.05, 4.69) is 13.8 Å². The summed E-state index contributed by atoms with van der Waals surface area (Å²) in [6.07, 6.45) is 5.23. The third-order valence-electron chi connectivity index (χ3n) is 1.91. The molecule has 9 heavy (non-hydrogen) atoms. The largest absolute Gasteiger partial charge is 0.0942 e. The van der Waals surface area contributed by atoms with Crippen molar-refractivity contribution >= 4 is 12.6 Å². The molecule has 0 bridgehead atoms. The third kappa shape index (κ3) is 4.83. The molecule has 0 heterocycles. The summed E-state index contributed by atoms with van der Waals surface area (Å²) in [6, 6.07) is 0. The molecule has 0 aromatic carbocycles. The Morgan fingerprint density at radius 3 is 2.11 bits per heavy atom. The molecule has 55 valence electrons. The number of hydrogen-bond acceptors (Lipinski definition) is 0. The fourth-order valence-corrected chi connectivity index (χ4v) is 1.24. The molecule has 0 spiro atoms. The van der Waals surface area contributed by atoms with Crippen LogP contribution in [0.1, 0.15) is 39.5 Å². The van der Waals surface area contributed by atoms with Crippen LogP contribution in [-0.4, -0.2) is 5.75 Å². The summed E-state index contributed by atoms with van der Waals surface area (Å²) in [5.74, 6) is 1.88. The van der Waals surface area contributed by atoms with E-state index in [9.17, 15) is 0 Å². The van der Waals surface area contributed by atoms with Gasteiger partial charge in [-0.3, -0.25) is 0 Å². The summed E-state index contributed by atoms with van der Waals surface area (Å²) in [6.45, 7) is 4.52. The van der Waals surface area contributed by atoms with E-state index < -0.39 is 0 Å². The minimum atomic E-state index is 0.938. The molecule has 0 rings (SSSR count). The van der Waals surface area contributed by atoms with E-state index in [4.69, 9.17) is 12.6 Å². The Balaban J connectivity index is 3.09. The maximum atomic E-state index is 4.87. The predicted octanol–water partition coefficient (Wildman–Crippen LogP) is 3.40. The minimum Gasteiger partial charge on any atom is -0.0942 e. The zero-order valence-corrected chi connectivity index (χ0v) is 7.34. The summed E-state index contributed by atoms with van der Waals surface area (Å²) in [7, 11) is 0. The predicted molar refractivity (Wildman–Crippen MR) is 45.8 cm³/mol. The van der Waals surface area contributed by atoms with Crippen molar-refractivity contribution in [1.82, 2.24) is 0 Å². The van der Waals surface area contributed by atoms with Crippen molar-refractivity contribution in [3.05, 3.63) is 0 Å². The summed E-state index contributed by atoms with van der Waals surface area (Å²) in [5, 5.41) is 0. The fourth-order valence-electron chi connectivity index (χ4n) is 1.07. The van der Waals surface area contributed by atoms with Crippen LogP contribution in [0.3, 0.4) is 0 Å². The highest BCUT2D eigenvalue weighted by Gasteiger charge is 2.00. The zero-order chi connectivity index (χ0) is 7.11. The Morgan fingerprint density at radius 1 is 1.22 bits per heavy atom. The van der Waals surface area contributed by atoms with Crippen molar-refractivity contribution in [2.24, 2.45) is 5.92 Å². The Morgan fingerprint density at radius 2 is 1.78 bits per heavy atom. The van der Waals surface area contributed by atoms with Crippen LogP contribution in [0.4, 0.5) is 0 Å². The molecule has 0 atom stereocenters. The Labute approximate surface area is 64.4 Å². The van der Waals surface area contributed by atoms with Crippen LogP contribution in [0.15, 0.2) is 0 Å². The third-order valence-corrected chi connectivity index (χ3v) is 2.20. The minimum absolute atomic E-state index is 0.938. The molecule has 0 aliphatic rings. The SMILES string of the molecule is CCC(CC)CCC[S]. The Bertz CT molecular complexity index is 48.5. The van der Waals surface area contributed by atoms with Gasteiger partial charge in [-0.2, -0.15) is 0 Å². The molecule has 0 aliphatic carbocycles. The quantitative estimate of drug-likeness (QED) is 0.556. The molecule has 0 fully saturated rings. The van der Waals surface area contributed by atoms with Crippen LogP contribution in [0.2, 0.25) is 0 Å². The second-order valence-corrected chi connectivity index (χ2v) is 2.94. The molecule has 1 radical (unpaired) electrons. The van der Waals surface area contributed by atoms with E-state index in [1.165, 1.54) is 25.7 Å². The van der Waals surface area contributed by atoms with E-state index >= 15 is 0 Å². The first kappa shape index (κ1) is 9.35. The molecule has 0 aromatic rings. The summed E-state index contributed by atoms with van der Waals surface area (Å²) in [5.41, 5.74) is 0. The average molecular weight is 145 g/mol. The van der Waals surface area contributed by atoms with Crippen molar-refractivity contribution in [3.63, 3.8) is 0 Å². The second-order valence-electron chi connectivity index (χ2n) is 2.53. The monoisotopic (exact) mass is 145 g/mol. The lowest BCUT2D eigenvalue weighted by Gasteiger charge is -2.09. The highest BCUT2D eigenvalue weighted by molar-refractivity contribution is 7.80. The molecule has 0 aromatic heterocycles. The molecule has 0 saturated carbocycles. The molecule has 0 nitrogen and oxygen atoms in total. The van der Waals surface area contributed by atoms with Gasteiger partial charge < -0.3 is 0 Å². The van der Waals surface area contributed by atoms with Crippen LogP contribution in [0, 0.1) is 5.92 Å². The number of hydrogen-bond donors (Lipinski definition) is 0.